The third kappa shape index (κ3) is 5.86. The fourth-order valence-corrected chi connectivity index (χ4v) is 2.37. The summed E-state index contributed by atoms with van der Waals surface area (Å²) in [5.41, 5.74) is 0. The molecule has 0 fully saturated rings. The van der Waals surface area contributed by atoms with Crippen LogP contribution in [-0.2, 0) is 0 Å². The first kappa shape index (κ1) is 15.9. The monoisotopic (exact) mass is 228 g/mol. The van der Waals surface area contributed by atoms with Crippen molar-refractivity contribution < 1.29 is 0 Å². The molecule has 0 spiro atoms. The van der Waals surface area contributed by atoms with Crippen LogP contribution in [0.1, 0.15) is 53.4 Å². The van der Waals surface area contributed by atoms with E-state index < -0.39 is 0 Å². The minimum absolute atomic E-state index is 0.646. The zero-order valence-corrected chi connectivity index (χ0v) is 12.2. The number of rotatable bonds is 9. The molecule has 0 aromatic heterocycles. The number of nitrogens with one attached hydrogen (secondary N) is 1. The SMILES string of the molecule is CCCC(NC)C(CC)N(C)CCC(C)C. The predicted octanol–water partition coefficient (Wildman–Crippen LogP) is 3.13. The average Bonchev–Trinajstić information content (AvgIpc) is 2.26. The molecule has 98 valence electrons. The molecule has 0 amide bonds. The standard InChI is InChI=1S/C14H32N2/c1-7-9-13(15-5)14(8-2)16(6)11-10-12(3)4/h12-15H,7-11H2,1-6H3. The van der Waals surface area contributed by atoms with Gasteiger partial charge in [-0.1, -0.05) is 34.1 Å². The Morgan fingerprint density at radius 2 is 1.75 bits per heavy atom. The maximum Gasteiger partial charge on any atom is 0.0243 e. The highest BCUT2D eigenvalue weighted by atomic mass is 15.2. The molecular weight excluding hydrogens is 196 g/mol. The molecule has 0 rings (SSSR count). The molecule has 0 saturated carbocycles. The summed E-state index contributed by atoms with van der Waals surface area (Å²) in [7, 11) is 4.37. The Morgan fingerprint density at radius 3 is 2.12 bits per heavy atom. The summed E-state index contributed by atoms with van der Waals surface area (Å²) in [6.45, 7) is 10.4. The predicted molar refractivity (Wildman–Crippen MR) is 73.9 cm³/mol. The Kier molecular flexibility index (Phi) is 8.96. The van der Waals surface area contributed by atoms with Crippen LogP contribution in [0.25, 0.3) is 0 Å². The largest absolute Gasteiger partial charge is 0.315 e. The third-order valence-electron chi connectivity index (χ3n) is 3.48. The molecule has 1 N–H and O–H groups in total. The molecule has 0 heterocycles. The van der Waals surface area contributed by atoms with Gasteiger partial charge in [0, 0.05) is 12.1 Å². The van der Waals surface area contributed by atoms with Gasteiger partial charge in [-0.05, 0) is 45.8 Å². The van der Waals surface area contributed by atoms with Gasteiger partial charge >= 0.3 is 0 Å². The smallest absolute Gasteiger partial charge is 0.0243 e. The molecule has 0 aliphatic carbocycles. The van der Waals surface area contributed by atoms with Crippen LogP contribution in [0.2, 0.25) is 0 Å². The van der Waals surface area contributed by atoms with Crippen LogP contribution < -0.4 is 5.32 Å². The second-order valence-electron chi connectivity index (χ2n) is 5.32. The first-order chi connectivity index (χ1) is 7.56. The zero-order valence-electron chi connectivity index (χ0n) is 12.2. The highest BCUT2D eigenvalue weighted by molar-refractivity contribution is 4.81. The van der Waals surface area contributed by atoms with Crippen LogP contribution in [0.15, 0.2) is 0 Å². The van der Waals surface area contributed by atoms with Crippen molar-refractivity contribution in [3.8, 4) is 0 Å². The second-order valence-corrected chi connectivity index (χ2v) is 5.32. The number of nitrogens with zero attached hydrogens (tertiary/aromatic N) is 1. The molecule has 2 unspecified atom stereocenters. The van der Waals surface area contributed by atoms with Crippen molar-refractivity contribution in [1.29, 1.82) is 0 Å². The summed E-state index contributed by atoms with van der Waals surface area (Å²) >= 11 is 0. The van der Waals surface area contributed by atoms with E-state index in [1.54, 1.807) is 0 Å². The van der Waals surface area contributed by atoms with Crippen molar-refractivity contribution in [1.82, 2.24) is 10.2 Å². The fourth-order valence-electron chi connectivity index (χ4n) is 2.37. The zero-order chi connectivity index (χ0) is 12.6. The summed E-state index contributed by atoms with van der Waals surface area (Å²) in [6, 6.07) is 1.33. The quantitative estimate of drug-likeness (QED) is 0.652. The second kappa shape index (κ2) is 9.00. The molecule has 0 bridgehead atoms. The Labute approximate surface area is 103 Å². The van der Waals surface area contributed by atoms with Crippen LogP contribution in [0, 0.1) is 5.92 Å². The highest BCUT2D eigenvalue weighted by Gasteiger charge is 2.21. The first-order valence-corrected chi connectivity index (χ1v) is 6.94. The minimum Gasteiger partial charge on any atom is -0.315 e. The Morgan fingerprint density at radius 1 is 1.12 bits per heavy atom. The maximum absolute atomic E-state index is 3.48. The minimum atomic E-state index is 0.646. The van der Waals surface area contributed by atoms with Crippen LogP contribution >= 0.6 is 0 Å². The molecule has 0 aliphatic heterocycles. The fraction of sp³-hybridized carbons (Fsp3) is 1.00. The maximum atomic E-state index is 3.48. The van der Waals surface area contributed by atoms with Gasteiger partial charge in [0.05, 0.1) is 0 Å². The van der Waals surface area contributed by atoms with Crippen molar-refractivity contribution in [3.05, 3.63) is 0 Å². The summed E-state index contributed by atoms with van der Waals surface area (Å²) in [4.78, 5) is 2.54. The van der Waals surface area contributed by atoms with E-state index in [1.807, 2.05) is 0 Å². The summed E-state index contributed by atoms with van der Waals surface area (Å²) in [5, 5.41) is 3.48. The van der Waals surface area contributed by atoms with Gasteiger partial charge < -0.3 is 10.2 Å². The molecule has 2 heteroatoms. The Hall–Kier alpha value is -0.0800. The van der Waals surface area contributed by atoms with Crippen molar-refractivity contribution in [3.63, 3.8) is 0 Å². The molecular formula is C14H32N2. The van der Waals surface area contributed by atoms with Gasteiger partial charge in [-0.2, -0.15) is 0 Å². The van der Waals surface area contributed by atoms with E-state index in [4.69, 9.17) is 0 Å². The average molecular weight is 228 g/mol. The van der Waals surface area contributed by atoms with Gasteiger partial charge in [-0.25, -0.2) is 0 Å². The lowest BCUT2D eigenvalue weighted by Gasteiger charge is -2.34. The lowest BCUT2D eigenvalue weighted by atomic mass is 9.99. The summed E-state index contributed by atoms with van der Waals surface area (Å²) in [5.74, 6) is 0.805. The van der Waals surface area contributed by atoms with Crippen LogP contribution in [-0.4, -0.2) is 37.6 Å². The van der Waals surface area contributed by atoms with E-state index in [0.717, 1.165) is 5.92 Å². The Balaban J connectivity index is 4.21. The molecule has 0 radical (unpaired) electrons. The van der Waals surface area contributed by atoms with E-state index in [1.165, 1.54) is 32.2 Å². The van der Waals surface area contributed by atoms with Gasteiger partial charge in [0.25, 0.3) is 0 Å². The number of hydrogen-bond acceptors (Lipinski definition) is 2. The first-order valence-electron chi connectivity index (χ1n) is 6.94. The van der Waals surface area contributed by atoms with Gasteiger partial charge in [0.1, 0.15) is 0 Å². The Bertz CT molecular complexity index is 157. The van der Waals surface area contributed by atoms with Gasteiger partial charge in [-0.3, -0.25) is 0 Å². The normalized spacial score (nSPS) is 15.8. The molecule has 0 aromatic rings. The number of likely N-dealkylation sites (N-methyl/N-ethyl adjacent to an activating group) is 2. The van der Waals surface area contributed by atoms with Crippen LogP contribution in [0.5, 0.6) is 0 Å². The molecule has 16 heavy (non-hydrogen) atoms. The van der Waals surface area contributed by atoms with Crippen LogP contribution in [0.3, 0.4) is 0 Å². The molecule has 0 saturated heterocycles. The van der Waals surface area contributed by atoms with Crippen molar-refractivity contribution in [2.75, 3.05) is 20.6 Å². The molecule has 2 nitrogen and oxygen atoms in total. The van der Waals surface area contributed by atoms with E-state index >= 15 is 0 Å². The van der Waals surface area contributed by atoms with E-state index in [9.17, 15) is 0 Å². The third-order valence-corrected chi connectivity index (χ3v) is 3.48. The van der Waals surface area contributed by atoms with Crippen molar-refractivity contribution in [2.24, 2.45) is 5.92 Å². The highest BCUT2D eigenvalue weighted by Crippen LogP contribution is 2.13. The van der Waals surface area contributed by atoms with E-state index in [2.05, 4.69) is 52.0 Å². The lowest BCUT2D eigenvalue weighted by Crippen LogP contribution is -2.47. The molecule has 2 atom stereocenters. The summed E-state index contributed by atoms with van der Waals surface area (Å²) < 4.78 is 0. The van der Waals surface area contributed by atoms with Gasteiger partial charge in [0.15, 0.2) is 0 Å². The van der Waals surface area contributed by atoms with E-state index in [0.29, 0.717) is 12.1 Å². The number of hydrogen-bond donors (Lipinski definition) is 1. The molecule has 0 aromatic carbocycles. The summed E-state index contributed by atoms with van der Waals surface area (Å²) in [6.07, 6.45) is 5.08. The van der Waals surface area contributed by atoms with Crippen LogP contribution in [0.4, 0.5) is 0 Å². The van der Waals surface area contributed by atoms with Gasteiger partial charge in [-0.15, -0.1) is 0 Å². The van der Waals surface area contributed by atoms with Crippen molar-refractivity contribution >= 4 is 0 Å². The van der Waals surface area contributed by atoms with E-state index in [-0.39, 0.29) is 0 Å². The van der Waals surface area contributed by atoms with Crippen molar-refractivity contribution in [2.45, 2.75) is 65.5 Å². The lowest BCUT2D eigenvalue weighted by molar-refractivity contribution is 0.176. The topological polar surface area (TPSA) is 15.3 Å². The molecule has 0 aliphatic rings. The van der Waals surface area contributed by atoms with Gasteiger partial charge in [0.2, 0.25) is 0 Å².